The fraction of sp³-hybridized carbons (Fsp3) is 0.385. The normalized spacial score (nSPS) is 15.3. The molecule has 0 radical (unpaired) electrons. The molecule has 8 heteroatoms. The molecule has 0 spiro atoms. The fourth-order valence-electron chi connectivity index (χ4n) is 2.25. The minimum Gasteiger partial charge on any atom is -0.459 e. The summed E-state index contributed by atoms with van der Waals surface area (Å²) in [7, 11) is 0. The molecule has 2 aromatic heterocycles. The molecular weight excluding hydrogens is 292 g/mol. The lowest BCUT2D eigenvalue weighted by molar-refractivity contribution is 0.0515. The molecule has 0 unspecified atom stereocenters. The lowest BCUT2D eigenvalue weighted by Crippen LogP contribution is -2.50. The van der Waals surface area contributed by atoms with Crippen molar-refractivity contribution in [2.45, 2.75) is 6.92 Å². The van der Waals surface area contributed by atoms with Gasteiger partial charge in [0.2, 0.25) is 0 Å². The maximum Gasteiger partial charge on any atom is 0.289 e. The van der Waals surface area contributed by atoms with Crippen molar-refractivity contribution in [1.82, 2.24) is 19.4 Å². The smallest absolute Gasteiger partial charge is 0.289 e. The molecule has 7 nitrogen and oxygen atoms in total. The molecule has 2 amide bonds. The van der Waals surface area contributed by atoms with E-state index in [1.54, 1.807) is 21.9 Å². The molecule has 1 fully saturated rings. The van der Waals surface area contributed by atoms with Gasteiger partial charge < -0.3 is 14.2 Å². The third kappa shape index (κ3) is 2.66. The molecule has 110 valence electrons. The van der Waals surface area contributed by atoms with Gasteiger partial charge in [0.25, 0.3) is 11.8 Å². The van der Waals surface area contributed by atoms with Crippen molar-refractivity contribution in [3.8, 4) is 0 Å². The minimum absolute atomic E-state index is 0.119. The highest BCUT2D eigenvalue weighted by Crippen LogP contribution is 2.14. The highest BCUT2D eigenvalue weighted by Gasteiger charge is 2.28. The topological polar surface area (TPSA) is 79.5 Å². The Labute approximate surface area is 125 Å². The largest absolute Gasteiger partial charge is 0.459 e. The van der Waals surface area contributed by atoms with E-state index in [1.807, 2.05) is 6.92 Å². The molecular formula is C13H14N4O3S. The standard InChI is InChI=1S/C13H14N4O3S/c1-9-11(14-15-21-9)13(19)17-6-4-16(5-7-17)12(18)10-3-2-8-20-10/h2-3,8H,4-7H2,1H3. The van der Waals surface area contributed by atoms with Crippen LogP contribution < -0.4 is 0 Å². The maximum atomic E-state index is 12.3. The van der Waals surface area contributed by atoms with E-state index in [0.29, 0.717) is 37.6 Å². The zero-order valence-electron chi connectivity index (χ0n) is 11.5. The van der Waals surface area contributed by atoms with Crippen LogP contribution in [0.25, 0.3) is 0 Å². The molecule has 1 aliphatic rings. The molecule has 3 rings (SSSR count). The molecule has 0 atom stereocenters. The van der Waals surface area contributed by atoms with Crippen LogP contribution in [0, 0.1) is 6.92 Å². The number of amides is 2. The van der Waals surface area contributed by atoms with Crippen LogP contribution in [0.3, 0.4) is 0 Å². The summed E-state index contributed by atoms with van der Waals surface area (Å²) in [5.74, 6) is 0.0688. The van der Waals surface area contributed by atoms with Crippen LogP contribution in [-0.2, 0) is 0 Å². The number of rotatable bonds is 2. The second kappa shape index (κ2) is 5.65. The number of carbonyl (C=O) groups excluding carboxylic acids is 2. The summed E-state index contributed by atoms with van der Waals surface area (Å²) in [6.07, 6.45) is 1.48. The van der Waals surface area contributed by atoms with Crippen LogP contribution in [-0.4, -0.2) is 57.4 Å². The first kappa shape index (κ1) is 13.7. The van der Waals surface area contributed by atoms with Crippen LogP contribution in [0.1, 0.15) is 25.9 Å². The van der Waals surface area contributed by atoms with E-state index in [0.717, 1.165) is 4.88 Å². The molecule has 2 aromatic rings. The van der Waals surface area contributed by atoms with Gasteiger partial charge in [-0.15, -0.1) is 5.10 Å². The number of aromatic nitrogens is 2. The molecule has 0 saturated carbocycles. The van der Waals surface area contributed by atoms with Crippen LogP contribution in [0.2, 0.25) is 0 Å². The first-order valence-corrected chi connectivity index (χ1v) is 7.35. The Balaban J connectivity index is 1.62. The SMILES string of the molecule is Cc1snnc1C(=O)N1CCN(C(=O)c2ccco2)CC1. The van der Waals surface area contributed by atoms with Gasteiger partial charge in [-0.3, -0.25) is 9.59 Å². The average molecular weight is 306 g/mol. The van der Waals surface area contributed by atoms with Crippen LogP contribution in [0.5, 0.6) is 0 Å². The Morgan fingerprint density at radius 1 is 1.19 bits per heavy atom. The van der Waals surface area contributed by atoms with Crippen molar-refractivity contribution < 1.29 is 14.0 Å². The molecule has 0 bridgehead atoms. The summed E-state index contributed by atoms with van der Waals surface area (Å²) in [6, 6.07) is 3.33. The molecule has 0 aliphatic carbocycles. The van der Waals surface area contributed by atoms with Crippen molar-refractivity contribution in [3.63, 3.8) is 0 Å². The second-order valence-electron chi connectivity index (χ2n) is 4.74. The number of hydrogen-bond donors (Lipinski definition) is 0. The third-order valence-corrected chi connectivity index (χ3v) is 4.07. The predicted octanol–water partition coefficient (Wildman–Crippen LogP) is 1.04. The monoisotopic (exact) mass is 306 g/mol. The fourth-order valence-corrected chi connectivity index (χ4v) is 2.71. The van der Waals surface area contributed by atoms with Crippen molar-refractivity contribution in [3.05, 3.63) is 34.7 Å². The highest BCUT2D eigenvalue weighted by atomic mass is 32.1. The van der Waals surface area contributed by atoms with Crippen LogP contribution in [0.15, 0.2) is 22.8 Å². The quantitative estimate of drug-likeness (QED) is 0.828. The van der Waals surface area contributed by atoms with Crippen molar-refractivity contribution in [1.29, 1.82) is 0 Å². The number of furan rings is 1. The predicted molar refractivity (Wildman–Crippen MR) is 75.2 cm³/mol. The van der Waals surface area contributed by atoms with Gasteiger partial charge in [-0.05, 0) is 30.6 Å². The van der Waals surface area contributed by atoms with E-state index in [2.05, 4.69) is 9.59 Å². The Morgan fingerprint density at radius 2 is 1.86 bits per heavy atom. The van der Waals surface area contributed by atoms with Gasteiger partial charge in [-0.1, -0.05) is 4.49 Å². The summed E-state index contributed by atoms with van der Waals surface area (Å²) in [5.41, 5.74) is 0.408. The molecule has 1 saturated heterocycles. The lowest BCUT2D eigenvalue weighted by Gasteiger charge is -2.34. The van der Waals surface area contributed by atoms with Gasteiger partial charge in [0.1, 0.15) is 0 Å². The first-order chi connectivity index (χ1) is 10.2. The zero-order chi connectivity index (χ0) is 14.8. The number of nitrogens with zero attached hydrogens (tertiary/aromatic N) is 4. The summed E-state index contributed by atoms with van der Waals surface area (Å²) in [4.78, 5) is 28.6. The van der Waals surface area contributed by atoms with Crippen molar-refractivity contribution >= 4 is 23.3 Å². The Bertz CT molecular complexity index is 644. The van der Waals surface area contributed by atoms with E-state index in [-0.39, 0.29) is 11.8 Å². The summed E-state index contributed by atoms with van der Waals surface area (Å²) >= 11 is 1.21. The van der Waals surface area contributed by atoms with E-state index in [9.17, 15) is 9.59 Å². The zero-order valence-corrected chi connectivity index (χ0v) is 12.3. The summed E-state index contributed by atoms with van der Waals surface area (Å²) in [6.45, 7) is 3.78. The van der Waals surface area contributed by atoms with Gasteiger partial charge in [-0.2, -0.15) is 0 Å². The number of hydrogen-bond acceptors (Lipinski definition) is 6. The third-order valence-electron chi connectivity index (χ3n) is 3.44. The highest BCUT2D eigenvalue weighted by molar-refractivity contribution is 7.05. The molecule has 3 heterocycles. The Morgan fingerprint density at radius 3 is 2.38 bits per heavy atom. The Kier molecular flexibility index (Phi) is 3.70. The van der Waals surface area contributed by atoms with Gasteiger partial charge in [0.05, 0.1) is 11.1 Å². The van der Waals surface area contributed by atoms with Gasteiger partial charge in [0.15, 0.2) is 11.5 Å². The van der Waals surface area contributed by atoms with Gasteiger partial charge in [0, 0.05) is 26.2 Å². The van der Waals surface area contributed by atoms with Gasteiger partial charge in [-0.25, -0.2) is 0 Å². The second-order valence-corrected chi connectivity index (χ2v) is 5.70. The van der Waals surface area contributed by atoms with Crippen molar-refractivity contribution in [2.24, 2.45) is 0 Å². The number of carbonyl (C=O) groups is 2. The van der Waals surface area contributed by atoms with Crippen LogP contribution >= 0.6 is 11.5 Å². The van der Waals surface area contributed by atoms with Gasteiger partial charge >= 0.3 is 0 Å². The van der Waals surface area contributed by atoms with Crippen LogP contribution in [0.4, 0.5) is 0 Å². The van der Waals surface area contributed by atoms with E-state index in [1.165, 1.54) is 17.8 Å². The maximum absolute atomic E-state index is 12.3. The lowest BCUT2D eigenvalue weighted by atomic mass is 10.2. The van der Waals surface area contributed by atoms with E-state index >= 15 is 0 Å². The molecule has 0 N–H and O–H groups in total. The number of aryl methyl sites for hydroxylation is 1. The first-order valence-electron chi connectivity index (χ1n) is 6.58. The summed E-state index contributed by atoms with van der Waals surface area (Å²) < 4.78 is 8.89. The molecule has 21 heavy (non-hydrogen) atoms. The Hall–Kier alpha value is -2.22. The number of piperazine rings is 1. The average Bonchev–Trinajstić information content (AvgIpc) is 3.17. The minimum atomic E-state index is -0.140. The van der Waals surface area contributed by atoms with E-state index in [4.69, 9.17) is 4.42 Å². The molecule has 0 aromatic carbocycles. The van der Waals surface area contributed by atoms with E-state index < -0.39 is 0 Å². The molecule has 1 aliphatic heterocycles. The summed E-state index contributed by atoms with van der Waals surface area (Å²) in [5, 5.41) is 3.87. The van der Waals surface area contributed by atoms with Crippen molar-refractivity contribution in [2.75, 3.05) is 26.2 Å².